The Bertz CT molecular complexity index is 236. The monoisotopic (exact) mass is 148 g/mol. The van der Waals surface area contributed by atoms with Crippen LogP contribution < -0.4 is 0 Å². The van der Waals surface area contributed by atoms with Crippen LogP contribution in [0, 0.1) is 0 Å². The highest BCUT2D eigenvalue weighted by molar-refractivity contribution is 5.14. The molecule has 0 spiro atoms. The first-order valence-corrected chi connectivity index (χ1v) is 4.13. The molecule has 2 nitrogen and oxygen atoms in total. The summed E-state index contributed by atoms with van der Waals surface area (Å²) in [6, 6.07) is 0. The lowest BCUT2D eigenvalue weighted by Crippen LogP contribution is -1.95. The number of H-pyrrole nitrogens is 1. The van der Waals surface area contributed by atoms with Crippen LogP contribution in [0.3, 0.4) is 0 Å². The third-order valence-corrected chi connectivity index (χ3v) is 2.08. The zero-order chi connectivity index (χ0) is 7.52. The third-order valence-electron chi connectivity index (χ3n) is 2.08. The minimum atomic E-state index is 1.09. The van der Waals surface area contributed by atoms with E-state index in [1.54, 1.807) is 6.33 Å². The summed E-state index contributed by atoms with van der Waals surface area (Å²) in [5, 5.41) is 0. The second kappa shape index (κ2) is 2.91. The van der Waals surface area contributed by atoms with Crippen LogP contribution >= 0.6 is 0 Å². The minimum Gasteiger partial charge on any atom is -0.348 e. The van der Waals surface area contributed by atoms with Crippen molar-refractivity contribution in [2.45, 2.75) is 25.7 Å². The number of aromatic nitrogens is 2. The van der Waals surface area contributed by atoms with Crippen LogP contribution in [0.15, 0.2) is 18.5 Å². The molecule has 0 aliphatic heterocycles. The summed E-state index contributed by atoms with van der Waals surface area (Å²) in [5.74, 6) is 0. The Hall–Kier alpha value is -1.05. The van der Waals surface area contributed by atoms with Gasteiger partial charge in [0.25, 0.3) is 0 Å². The van der Waals surface area contributed by atoms with Crippen LogP contribution in [0.5, 0.6) is 0 Å². The summed E-state index contributed by atoms with van der Waals surface area (Å²) in [7, 11) is 0. The van der Waals surface area contributed by atoms with Gasteiger partial charge in [0, 0.05) is 5.69 Å². The van der Waals surface area contributed by atoms with Gasteiger partial charge in [0.2, 0.25) is 0 Å². The standard InChI is InChI=1S/C9H12N2/c1-2-4-6-9-8(5-3-1)10-7-11-9/h1-2,7H,3-6H2,(H,10,11)/b2-1-. The molecule has 0 atom stereocenters. The van der Waals surface area contributed by atoms with E-state index < -0.39 is 0 Å². The highest BCUT2D eigenvalue weighted by Gasteiger charge is 2.04. The van der Waals surface area contributed by atoms with Crippen LogP contribution in [-0.4, -0.2) is 9.97 Å². The van der Waals surface area contributed by atoms with Gasteiger partial charge < -0.3 is 4.98 Å². The molecule has 0 radical (unpaired) electrons. The van der Waals surface area contributed by atoms with E-state index in [0.29, 0.717) is 0 Å². The summed E-state index contributed by atoms with van der Waals surface area (Å²) < 4.78 is 0. The molecule has 1 aromatic heterocycles. The lowest BCUT2D eigenvalue weighted by atomic mass is 10.1. The van der Waals surface area contributed by atoms with E-state index >= 15 is 0 Å². The van der Waals surface area contributed by atoms with Crippen molar-refractivity contribution < 1.29 is 0 Å². The zero-order valence-electron chi connectivity index (χ0n) is 6.51. The highest BCUT2D eigenvalue weighted by atomic mass is 14.9. The van der Waals surface area contributed by atoms with Crippen LogP contribution in [0.4, 0.5) is 0 Å². The number of rotatable bonds is 0. The first-order chi connectivity index (χ1) is 5.47. The molecule has 0 aromatic carbocycles. The predicted molar refractivity (Wildman–Crippen MR) is 44.4 cm³/mol. The second-order valence-electron chi connectivity index (χ2n) is 2.88. The van der Waals surface area contributed by atoms with E-state index in [0.717, 1.165) is 25.7 Å². The Balaban J connectivity index is 2.23. The van der Waals surface area contributed by atoms with Gasteiger partial charge in [-0.1, -0.05) is 12.2 Å². The van der Waals surface area contributed by atoms with Gasteiger partial charge in [-0.25, -0.2) is 4.98 Å². The van der Waals surface area contributed by atoms with Gasteiger partial charge in [-0.2, -0.15) is 0 Å². The van der Waals surface area contributed by atoms with Gasteiger partial charge in [-0.15, -0.1) is 0 Å². The summed E-state index contributed by atoms with van der Waals surface area (Å²) in [6.45, 7) is 0. The average molecular weight is 148 g/mol. The van der Waals surface area contributed by atoms with Gasteiger partial charge in [0.1, 0.15) is 0 Å². The maximum Gasteiger partial charge on any atom is 0.0925 e. The number of nitrogens with one attached hydrogen (secondary N) is 1. The van der Waals surface area contributed by atoms with Crippen molar-refractivity contribution in [3.8, 4) is 0 Å². The molecule has 0 bridgehead atoms. The van der Waals surface area contributed by atoms with Gasteiger partial charge in [-0.05, 0) is 25.7 Å². The van der Waals surface area contributed by atoms with Crippen LogP contribution in [0.2, 0.25) is 0 Å². The zero-order valence-corrected chi connectivity index (χ0v) is 6.51. The van der Waals surface area contributed by atoms with E-state index in [9.17, 15) is 0 Å². The molecule has 0 saturated heterocycles. The number of imidazole rings is 1. The van der Waals surface area contributed by atoms with E-state index in [1.165, 1.54) is 11.4 Å². The Morgan fingerprint density at radius 2 is 2.00 bits per heavy atom. The Kier molecular flexibility index (Phi) is 1.76. The largest absolute Gasteiger partial charge is 0.348 e. The molecular weight excluding hydrogens is 136 g/mol. The van der Waals surface area contributed by atoms with E-state index in [1.807, 2.05) is 0 Å². The summed E-state index contributed by atoms with van der Waals surface area (Å²) in [6.07, 6.45) is 10.8. The minimum absolute atomic E-state index is 1.09. The highest BCUT2D eigenvalue weighted by Crippen LogP contribution is 2.11. The molecule has 2 heteroatoms. The van der Waals surface area contributed by atoms with Crippen molar-refractivity contribution in [1.82, 2.24) is 9.97 Å². The summed E-state index contributed by atoms with van der Waals surface area (Å²) in [5.41, 5.74) is 2.59. The maximum atomic E-state index is 4.27. The fraction of sp³-hybridized carbons (Fsp3) is 0.444. The van der Waals surface area contributed by atoms with Gasteiger partial charge >= 0.3 is 0 Å². The normalized spacial score (nSPS) is 20.0. The molecule has 1 aliphatic rings. The second-order valence-corrected chi connectivity index (χ2v) is 2.88. The molecular formula is C9H12N2. The van der Waals surface area contributed by atoms with Crippen LogP contribution in [-0.2, 0) is 12.8 Å². The molecule has 0 saturated carbocycles. The number of fused-ring (bicyclic) bond motifs is 1. The quantitative estimate of drug-likeness (QED) is 0.559. The van der Waals surface area contributed by atoms with Gasteiger partial charge in [0.05, 0.1) is 12.0 Å². The number of hydrogen-bond acceptors (Lipinski definition) is 1. The van der Waals surface area contributed by atoms with Crippen molar-refractivity contribution >= 4 is 0 Å². The molecule has 0 amide bonds. The van der Waals surface area contributed by atoms with E-state index in [-0.39, 0.29) is 0 Å². The molecule has 1 N–H and O–H groups in total. The number of allylic oxidation sites excluding steroid dienone is 2. The van der Waals surface area contributed by atoms with Gasteiger partial charge in [-0.3, -0.25) is 0 Å². The van der Waals surface area contributed by atoms with Gasteiger partial charge in [0.15, 0.2) is 0 Å². The van der Waals surface area contributed by atoms with Crippen molar-refractivity contribution in [2.75, 3.05) is 0 Å². The Morgan fingerprint density at radius 3 is 2.91 bits per heavy atom. The molecule has 11 heavy (non-hydrogen) atoms. The number of aromatic amines is 1. The third kappa shape index (κ3) is 1.34. The van der Waals surface area contributed by atoms with Crippen molar-refractivity contribution in [3.05, 3.63) is 29.9 Å². The molecule has 1 heterocycles. The number of hydrogen-bond donors (Lipinski definition) is 1. The molecule has 58 valence electrons. The fourth-order valence-corrected chi connectivity index (χ4v) is 1.46. The predicted octanol–water partition coefficient (Wildman–Crippen LogP) is 1.84. The first kappa shape index (κ1) is 6.65. The number of aryl methyl sites for hydroxylation is 2. The average Bonchev–Trinajstić information content (AvgIpc) is 2.35. The lowest BCUT2D eigenvalue weighted by molar-refractivity contribution is 0.859. The van der Waals surface area contributed by atoms with E-state index in [2.05, 4.69) is 22.1 Å². The topological polar surface area (TPSA) is 28.7 Å². The smallest absolute Gasteiger partial charge is 0.0925 e. The fourth-order valence-electron chi connectivity index (χ4n) is 1.46. The molecule has 1 aliphatic carbocycles. The van der Waals surface area contributed by atoms with Crippen molar-refractivity contribution in [3.63, 3.8) is 0 Å². The summed E-state index contributed by atoms with van der Waals surface area (Å²) >= 11 is 0. The number of nitrogens with zero attached hydrogens (tertiary/aromatic N) is 1. The Morgan fingerprint density at radius 1 is 1.18 bits per heavy atom. The van der Waals surface area contributed by atoms with Crippen LogP contribution in [0.1, 0.15) is 24.2 Å². The molecule has 1 aromatic rings. The van der Waals surface area contributed by atoms with E-state index in [4.69, 9.17) is 0 Å². The van der Waals surface area contributed by atoms with Crippen molar-refractivity contribution in [2.24, 2.45) is 0 Å². The SMILES string of the molecule is C1=C\CCc2[nH]cnc2CC/1. The molecule has 0 unspecified atom stereocenters. The first-order valence-electron chi connectivity index (χ1n) is 4.13. The Labute approximate surface area is 66.4 Å². The van der Waals surface area contributed by atoms with Crippen LogP contribution in [0.25, 0.3) is 0 Å². The molecule has 0 fully saturated rings. The lowest BCUT2D eigenvalue weighted by Gasteiger charge is -2.02. The maximum absolute atomic E-state index is 4.27. The summed E-state index contributed by atoms with van der Waals surface area (Å²) in [4.78, 5) is 7.45. The van der Waals surface area contributed by atoms with Crippen molar-refractivity contribution in [1.29, 1.82) is 0 Å². The molecule has 2 rings (SSSR count).